The maximum Gasteiger partial charge on any atom is 0.416 e. The first-order chi connectivity index (χ1) is 14.6. The molecule has 0 N–H and O–H groups in total. The van der Waals surface area contributed by atoms with E-state index in [1.807, 2.05) is 26.0 Å². The second-order valence-electron chi connectivity index (χ2n) is 7.38. The maximum absolute atomic E-state index is 12.9. The third kappa shape index (κ3) is 5.25. The third-order valence-corrected chi connectivity index (χ3v) is 5.15. The van der Waals surface area contributed by atoms with Gasteiger partial charge >= 0.3 is 6.18 Å². The molecule has 0 bridgehead atoms. The highest BCUT2D eigenvalue weighted by Gasteiger charge is 2.34. The van der Waals surface area contributed by atoms with Crippen LogP contribution in [0.25, 0.3) is 0 Å². The van der Waals surface area contributed by atoms with Crippen LogP contribution in [-0.2, 0) is 11.0 Å². The molecule has 0 unspecified atom stereocenters. The lowest BCUT2D eigenvalue weighted by Crippen LogP contribution is -2.50. The fourth-order valence-corrected chi connectivity index (χ4v) is 3.50. The number of alkyl halides is 3. The zero-order chi connectivity index (χ0) is 22.8. The van der Waals surface area contributed by atoms with Crippen molar-refractivity contribution in [2.75, 3.05) is 37.7 Å². The van der Waals surface area contributed by atoms with Crippen LogP contribution in [-0.4, -0.2) is 48.5 Å². The van der Waals surface area contributed by atoms with Crippen molar-refractivity contribution < 1.29 is 27.6 Å². The van der Waals surface area contributed by atoms with Crippen LogP contribution in [0.2, 0.25) is 0 Å². The van der Waals surface area contributed by atoms with Gasteiger partial charge in [-0.15, -0.1) is 0 Å². The van der Waals surface area contributed by atoms with E-state index in [1.165, 1.54) is 0 Å². The Morgan fingerprint density at radius 1 is 1.10 bits per heavy atom. The zero-order valence-electron chi connectivity index (χ0n) is 17.1. The fraction of sp³-hybridized carbons (Fsp3) is 0.381. The summed E-state index contributed by atoms with van der Waals surface area (Å²) in [6, 6.07) is 8.14. The van der Waals surface area contributed by atoms with Gasteiger partial charge in [0.05, 0.1) is 10.5 Å². The van der Waals surface area contributed by atoms with E-state index in [-0.39, 0.29) is 44.4 Å². The van der Waals surface area contributed by atoms with Crippen LogP contribution in [0.3, 0.4) is 0 Å². The molecule has 1 aliphatic heterocycles. The molecular formula is C21H22F3N3O4. The standard InChI is InChI=1S/C21H22F3N3O4/c1-14-3-6-19(15(2)11-14)31-13-20(28)26-9-7-25(8-10-26)17-5-4-16(21(22,23)24)12-18(17)27(29)30/h3-6,11-12H,7-10,13H2,1-2H3. The van der Waals surface area contributed by atoms with E-state index >= 15 is 0 Å². The molecule has 1 aliphatic rings. The average Bonchev–Trinajstić information content (AvgIpc) is 2.72. The van der Waals surface area contributed by atoms with Crippen LogP contribution in [0.4, 0.5) is 24.5 Å². The molecule has 10 heteroatoms. The van der Waals surface area contributed by atoms with Crippen LogP contribution >= 0.6 is 0 Å². The van der Waals surface area contributed by atoms with Crippen LogP contribution in [0, 0.1) is 24.0 Å². The Labute approximate surface area is 177 Å². The predicted molar refractivity (Wildman–Crippen MR) is 108 cm³/mol. The van der Waals surface area contributed by atoms with E-state index in [1.54, 1.807) is 15.9 Å². The van der Waals surface area contributed by atoms with E-state index in [4.69, 9.17) is 4.74 Å². The van der Waals surface area contributed by atoms with Gasteiger partial charge in [-0.1, -0.05) is 17.7 Å². The third-order valence-electron chi connectivity index (χ3n) is 5.15. The second kappa shape index (κ2) is 8.83. The summed E-state index contributed by atoms with van der Waals surface area (Å²) in [5, 5.41) is 11.3. The summed E-state index contributed by atoms with van der Waals surface area (Å²) in [6.07, 6.45) is -4.66. The van der Waals surface area contributed by atoms with E-state index < -0.39 is 22.4 Å². The van der Waals surface area contributed by atoms with Gasteiger partial charge in [0.1, 0.15) is 11.4 Å². The number of anilines is 1. The van der Waals surface area contributed by atoms with Crippen LogP contribution in [0.15, 0.2) is 36.4 Å². The molecule has 0 aliphatic carbocycles. The highest BCUT2D eigenvalue weighted by Crippen LogP contribution is 2.36. The molecule has 31 heavy (non-hydrogen) atoms. The van der Waals surface area contributed by atoms with Crippen molar-refractivity contribution in [3.05, 3.63) is 63.2 Å². The number of nitrogens with zero attached hydrogens (tertiary/aromatic N) is 3. The topological polar surface area (TPSA) is 75.9 Å². The van der Waals surface area contributed by atoms with Crippen molar-refractivity contribution in [1.29, 1.82) is 0 Å². The number of hydrogen-bond acceptors (Lipinski definition) is 5. The number of ether oxygens (including phenoxy) is 1. The summed E-state index contributed by atoms with van der Waals surface area (Å²) in [7, 11) is 0. The van der Waals surface area contributed by atoms with Crippen molar-refractivity contribution >= 4 is 17.3 Å². The van der Waals surface area contributed by atoms with Crippen molar-refractivity contribution in [3.8, 4) is 5.75 Å². The molecule has 1 fully saturated rings. The molecule has 2 aromatic rings. The Hall–Kier alpha value is -3.30. The monoisotopic (exact) mass is 437 g/mol. The molecule has 2 aromatic carbocycles. The Balaban J connectivity index is 1.62. The number of rotatable bonds is 5. The van der Waals surface area contributed by atoms with Gasteiger partial charge in [-0.2, -0.15) is 13.2 Å². The molecule has 0 saturated carbocycles. The van der Waals surface area contributed by atoms with Gasteiger partial charge in [0, 0.05) is 32.2 Å². The predicted octanol–water partition coefficient (Wildman–Crippen LogP) is 3.96. The Kier molecular flexibility index (Phi) is 6.37. The Morgan fingerprint density at radius 3 is 2.35 bits per heavy atom. The lowest BCUT2D eigenvalue weighted by Gasteiger charge is -2.35. The number of benzene rings is 2. The minimum Gasteiger partial charge on any atom is -0.484 e. The van der Waals surface area contributed by atoms with Gasteiger partial charge in [0.25, 0.3) is 11.6 Å². The Bertz CT molecular complexity index is 986. The number of carbonyl (C=O) groups is 1. The molecule has 7 nitrogen and oxygen atoms in total. The first-order valence-corrected chi connectivity index (χ1v) is 9.64. The molecule has 1 saturated heterocycles. The molecule has 0 atom stereocenters. The molecule has 3 rings (SSSR count). The quantitative estimate of drug-likeness (QED) is 0.523. The lowest BCUT2D eigenvalue weighted by atomic mass is 10.1. The SMILES string of the molecule is Cc1ccc(OCC(=O)N2CCN(c3ccc(C(F)(F)F)cc3[N+](=O)[O-])CC2)c(C)c1. The second-order valence-corrected chi connectivity index (χ2v) is 7.38. The molecule has 1 amide bonds. The molecule has 0 spiro atoms. The van der Waals surface area contributed by atoms with Gasteiger partial charge in [-0.3, -0.25) is 14.9 Å². The smallest absolute Gasteiger partial charge is 0.416 e. The normalized spacial score (nSPS) is 14.5. The Morgan fingerprint density at radius 2 is 1.77 bits per heavy atom. The largest absolute Gasteiger partial charge is 0.484 e. The van der Waals surface area contributed by atoms with Gasteiger partial charge < -0.3 is 14.5 Å². The number of nitro groups is 1. The van der Waals surface area contributed by atoms with Crippen molar-refractivity contribution in [1.82, 2.24) is 4.90 Å². The number of aryl methyl sites for hydroxylation is 2. The highest BCUT2D eigenvalue weighted by molar-refractivity contribution is 5.78. The summed E-state index contributed by atoms with van der Waals surface area (Å²) < 4.78 is 44.3. The highest BCUT2D eigenvalue weighted by atomic mass is 19.4. The van der Waals surface area contributed by atoms with Gasteiger partial charge in [0.2, 0.25) is 0 Å². The number of amides is 1. The minimum atomic E-state index is -4.66. The molecule has 166 valence electrons. The summed E-state index contributed by atoms with van der Waals surface area (Å²) in [5.41, 5.74) is 0.446. The van der Waals surface area contributed by atoms with Gasteiger partial charge in [-0.25, -0.2) is 0 Å². The molecule has 0 aromatic heterocycles. The van der Waals surface area contributed by atoms with E-state index in [2.05, 4.69) is 0 Å². The summed E-state index contributed by atoms with van der Waals surface area (Å²) in [6.45, 7) is 4.82. The summed E-state index contributed by atoms with van der Waals surface area (Å²) in [4.78, 5) is 26.2. The minimum absolute atomic E-state index is 0.108. The first kappa shape index (κ1) is 22.4. The number of piperazine rings is 1. The zero-order valence-corrected chi connectivity index (χ0v) is 17.1. The van der Waals surface area contributed by atoms with Crippen molar-refractivity contribution in [2.45, 2.75) is 20.0 Å². The summed E-state index contributed by atoms with van der Waals surface area (Å²) in [5.74, 6) is 0.402. The first-order valence-electron chi connectivity index (χ1n) is 9.64. The van der Waals surface area contributed by atoms with E-state index in [0.717, 1.165) is 23.3 Å². The maximum atomic E-state index is 12.9. The van der Waals surface area contributed by atoms with Crippen molar-refractivity contribution in [2.24, 2.45) is 0 Å². The van der Waals surface area contributed by atoms with E-state index in [9.17, 15) is 28.1 Å². The molecular weight excluding hydrogens is 415 g/mol. The molecule has 0 radical (unpaired) electrons. The average molecular weight is 437 g/mol. The van der Waals surface area contributed by atoms with Crippen LogP contribution in [0.1, 0.15) is 16.7 Å². The molecule has 1 heterocycles. The van der Waals surface area contributed by atoms with Crippen LogP contribution in [0.5, 0.6) is 5.75 Å². The van der Waals surface area contributed by atoms with Gasteiger partial charge in [-0.05, 0) is 37.6 Å². The lowest BCUT2D eigenvalue weighted by molar-refractivity contribution is -0.384. The fourth-order valence-electron chi connectivity index (χ4n) is 3.50. The summed E-state index contributed by atoms with van der Waals surface area (Å²) >= 11 is 0. The van der Waals surface area contributed by atoms with Crippen LogP contribution < -0.4 is 9.64 Å². The number of carbonyl (C=O) groups excluding carboxylic acids is 1. The number of halogens is 3. The number of nitro benzene ring substituents is 1. The van der Waals surface area contributed by atoms with Crippen molar-refractivity contribution in [3.63, 3.8) is 0 Å². The van der Waals surface area contributed by atoms with Gasteiger partial charge in [0.15, 0.2) is 6.61 Å². The van der Waals surface area contributed by atoms with E-state index in [0.29, 0.717) is 11.8 Å². The number of hydrogen-bond donors (Lipinski definition) is 0.